The summed E-state index contributed by atoms with van der Waals surface area (Å²) >= 11 is 0. The van der Waals surface area contributed by atoms with Crippen molar-refractivity contribution in [3.05, 3.63) is 52.6 Å². The zero-order valence-corrected chi connectivity index (χ0v) is 19.4. The predicted octanol–water partition coefficient (Wildman–Crippen LogP) is 3.26. The SMILES string of the molecule is CCn1c(CO)nn(-c2cc(O[C@@H](C)C(F)(F)F)c3c(Oc4cn(C)nc4C)nccc3c2)c1=O. The Hall–Kier alpha value is -3.87. The van der Waals surface area contributed by atoms with Crippen molar-refractivity contribution < 1.29 is 27.8 Å². The van der Waals surface area contributed by atoms with Gasteiger partial charge < -0.3 is 14.6 Å². The highest BCUT2D eigenvalue weighted by Crippen LogP contribution is 2.39. The number of alkyl halides is 3. The first kappa shape index (κ1) is 24.3. The van der Waals surface area contributed by atoms with Gasteiger partial charge in [0.15, 0.2) is 17.7 Å². The molecule has 1 N–H and O–H groups in total. The van der Waals surface area contributed by atoms with Gasteiger partial charge >= 0.3 is 11.9 Å². The highest BCUT2D eigenvalue weighted by Gasteiger charge is 2.38. The summed E-state index contributed by atoms with van der Waals surface area (Å²) in [6.07, 6.45) is -3.77. The van der Waals surface area contributed by atoms with Crippen molar-refractivity contribution in [2.24, 2.45) is 7.05 Å². The number of aromatic nitrogens is 6. The average Bonchev–Trinajstić information content (AvgIpc) is 3.29. The molecule has 0 radical (unpaired) electrons. The fourth-order valence-corrected chi connectivity index (χ4v) is 3.60. The molecule has 0 bridgehead atoms. The minimum atomic E-state index is -4.64. The first-order valence-corrected chi connectivity index (χ1v) is 10.7. The Morgan fingerprint density at radius 2 is 1.94 bits per heavy atom. The average molecular weight is 492 g/mol. The molecular formula is C22H23F3N6O4. The van der Waals surface area contributed by atoms with Gasteiger partial charge in [-0.05, 0) is 38.3 Å². The maximum Gasteiger partial charge on any atom is 0.425 e. The lowest BCUT2D eigenvalue weighted by molar-refractivity contribution is -0.189. The molecule has 3 aromatic heterocycles. The summed E-state index contributed by atoms with van der Waals surface area (Å²) in [5.41, 5.74) is 0.160. The molecule has 13 heteroatoms. The summed E-state index contributed by atoms with van der Waals surface area (Å²) in [6.45, 7) is 4.08. The van der Waals surface area contributed by atoms with Crippen LogP contribution in [0.1, 0.15) is 25.4 Å². The van der Waals surface area contributed by atoms with Crippen molar-refractivity contribution in [2.75, 3.05) is 0 Å². The predicted molar refractivity (Wildman–Crippen MR) is 119 cm³/mol. The fraction of sp³-hybridized carbons (Fsp3) is 0.364. The van der Waals surface area contributed by atoms with Crippen molar-refractivity contribution in [3.63, 3.8) is 0 Å². The number of rotatable bonds is 7. The number of aliphatic hydroxyl groups excluding tert-OH is 1. The molecule has 35 heavy (non-hydrogen) atoms. The summed E-state index contributed by atoms with van der Waals surface area (Å²) in [5, 5.41) is 18.5. The van der Waals surface area contributed by atoms with Gasteiger partial charge in [-0.25, -0.2) is 9.78 Å². The number of nitrogens with zero attached hydrogens (tertiary/aromatic N) is 6. The zero-order valence-electron chi connectivity index (χ0n) is 19.4. The van der Waals surface area contributed by atoms with Gasteiger partial charge in [0, 0.05) is 25.9 Å². The van der Waals surface area contributed by atoms with Gasteiger partial charge in [0.1, 0.15) is 18.1 Å². The Labute approximate surface area is 197 Å². The standard InChI is InChI=1S/C22H23F3N6O4/c1-5-30-18(11-32)28-31(21(30)33)15-8-14-6-7-26-20(35-17-10-29(4)27-12(17)2)19(14)16(9-15)34-13(3)22(23,24)25/h6-10,13,32H,5,11H2,1-4H3/t13-/m0/s1. The van der Waals surface area contributed by atoms with E-state index in [0.29, 0.717) is 16.8 Å². The Kier molecular flexibility index (Phi) is 6.28. The first-order chi connectivity index (χ1) is 16.5. The lowest BCUT2D eigenvalue weighted by Crippen LogP contribution is -2.31. The molecule has 0 aliphatic rings. The van der Waals surface area contributed by atoms with Crippen LogP contribution in [0.5, 0.6) is 17.4 Å². The zero-order chi connectivity index (χ0) is 25.5. The lowest BCUT2D eigenvalue weighted by atomic mass is 10.1. The molecule has 1 aromatic carbocycles. The number of fused-ring (bicyclic) bond motifs is 1. The van der Waals surface area contributed by atoms with Crippen molar-refractivity contribution in [3.8, 4) is 23.1 Å². The van der Waals surface area contributed by atoms with E-state index < -0.39 is 24.6 Å². The number of pyridine rings is 1. The van der Waals surface area contributed by atoms with Crippen molar-refractivity contribution in [2.45, 2.75) is 46.2 Å². The van der Waals surface area contributed by atoms with Crippen LogP contribution in [-0.4, -0.2) is 46.5 Å². The molecule has 0 unspecified atom stereocenters. The van der Waals surface area contributed by atoms with Crippen LogP contribution in [0.3, 0.4) is 0 Å². The number of benzene rings is 1. The topological polar surface area (TPSA) is 109 Å². The van der Waals surface area contributed by atoms with Gasteiger partial charge in [0.25, 0.3) is 0 Å². The molecule has 0 aliphatic carbocycles. The smallest absolute Gasteiger partial charge is 0.425 e. The van der Waals surface area contributed by atoms with Crippen molar-refractivity contribution >= 4 is 10.8 Å². The van der Waals surface area contributed by atoms with Crippen LogP contribution in [0.4, 0.5) is 13.2 Å². The highest BCUT2D eigenvalue weighted by atomic mass is 19.4. The minimum absolute atomic E-state index is 0.0111. The fourth-order valence-electron chi connectivity index (χ4n) is 3.60. The monoisotopic (exact) mass is 492 g/mol. The van der Waals surface area contributed by atoms with Crippen LogP contribution in [-0.2, 0) is 20.2 Å². The molecule has 0 saturated heterocycles. The quantitative estimate of drug-likeness (QED) is 0.422. The third-order valence-electron chi connectivity index (χ3n) is 5.36. The Balaban J connectivity index is 1.93. The third-order valence-corrected chi connectivity index (χ3v) is 5.36. The van der Waals surface area contributed by atoms with E-state index in [-0.39, 0.29) is 35.1 Å². The molecule has 0 fully saturated rings. The van der Waals surface area contributed by atoms with E-state index in [1.54, 1.807) is 39.2 Å². The second kappa shape index (κ2) is 9.06. The first-order valence-electron chi connectivity index (χ1n) is 10.7. The van der Waals surface area contributed by atoms with E-state index in [1.807, 2.05) is 0 Å². The molecule has 4 rings (SSSR count). The normalized spacial score (nSPS) is 12.8. The van der Waals surface area contributed by atoms with E-state index in [2.05, 4.69) is 15.2 Å². The molecule has 0 saturated carbocycles. The van der Waals surface area contributed by atoms with Gasteiger partial charge in [-0.3, -0.25) is 9.25 Å². The Morgan fingerprint density at radius 1 is 1.20 bits per heavy atom. The highest BCUT2D eigenvalue weighted by molar-refractivity contribution is 5.94. The van der Waals surface area contributed by atoms with E-state index in [9.17, 15) is 23.1 Å². The van der Waals surface area contributed by atoms with Crippen LogP contribution in [0.2, 0.25) is 0 Å². The van der Waals surface area contributed by atoms with Gasteiger partial charge in [-0.15, -0.1) is 5.10 Å². The molecule has 0 amide bonds. The molecule has 3 heterocycles. The molecule has 1 atom stereocenters. The molecular weight excluding hydrogens is 469 g/mol. The number of halogens is 3. The molecule has 0 aliphatic heterocycles. The van der Waals surface area contributed by atoms with Gasteiger partial charge in [-0.1, -0.05) is 0 Å². The Morgan fingerprint density at radius 3 is 2.51 bits per heavy atom. The second-order valence-electron chi connectivity index (χ2n) is 7.83. The molecule has 186 valence electrons. The van der Waals surface area contributed by atoms with Crippen LogP contribution < -0.4 is 15.2 Å². The summed E-state index contributed by atoms with van der Waals surface area (Å²) < 4.78 is 55.2. The summed E-state index contributed by atoms with van der Waals surface area (Å²) in [6, 6.07) is 4.38. The van der Waals surface area contributed by atoms with Gasteiger partial charge in [0.2, 0.25) is 5.88 Å². The molecule has 10 nitrogen and oxygen atoms in total. The largest absolute Gasteiger partial charge is 0.480 e. The summed E-state index contributed by atoms with van der Waals surface area (Å²) in [5.74, 6) is 0.305. The van der Waals surface area contributed by atoms with Crippen molar-refractivity contribution in [1.29, 1.82) is 0 Å². The number of aryl methyl sites for hydroxylation is 2. The second-order valence-corrected chi connectivity index (χ2v) is 7.83. The van der Waals surface area contributed by atoms with E-state index >= 15 is 0 Å². The third kappa shape index (κ3) is 4.58. The van der Waals surface area contributed by atoms with Crippen molar-refractivity contribution in [1.82, 2.24) is 29.1 Å². The summed E-state index contributed by atoms with van der Waals surface area (Å²) in [7, 11) is 1.70. The number of hydrogen-bond acceptors (Lipinski definition) is 7. The molecule has 0 spiro atoms. The number of hydrogen-bond donors (Lipinski definition) is 1. The maximum atomic E-state index is 13.4. The lowest BCUT2D eigenvalue weighted by Gasteiger charge is -2.20. The Bertz CT molecular complexity index is 1440. The van der Waals surface area contributed by atoms with Crippen LogP contribution in [0.25, 0.3) is 16.5 Å². The van der Waals surface area contributed by atoms with Crippen LogP contribution in [0.15, 0.2) is 35.4 Å². The number of aliphatic hydroxyl groups is 1. The maximum absolute atomic E-state index is 13.4. The number of ether oxygens (including phenoxy) is 2. The summed E-state index contributed by atoms with van der Waals surface area (Å²) in [4.78, 5) is 17.0. The van der Waals surface area contributed by atoms with Gasteiger partial charge in [0.05, 0.1) is 17.3 Å². The minimum Gasteiger partial charge on any atom is -0.480 e. The molecule has 4 aromatic rings. The van der Waals surface area contributed by atoms with E-state index in [1.165, 1.54) is 21.5 Å². The van der Waals surface area contributed by atoms with Gasteiger partial charge in [-0.2, -0.15) is 23.0 Å². The van der Waals surface area contributed by atoms with Crippen LogP contribution >= 0.6 is 0 Å². The van der Waals surface area contributed by atoms with E-state index in [4.69, 9.17) is 9.47 Å². The van der Waals surface area contributed by atoms with E-state index in [0.717, 1.165) is 11.6 Å². The van der Waals surface area contributed by atoms with Crippen LogP contribution in [0, 0.1) is 6.92 Å².